The molecule has 2 aliphatic rings. The number of fused-ring (bicyclic) bond motifs is 16. The van der Waals surface area contributed by atoms with E-state index in [0.29, 0.717) is 22.9 Å². The Labute approximate surface area is 494 Å². The quantitative estimate of drug-likeness (QED) is 0.151. The molecule has 0 amide bonds. The molecule has 0 bridgehead atoms. The smallest absolute Gasteiger partial charge is 0.228 e. The number of hydrogen-bond donors (Lipinski definition) is 0. The van der Waals surface area contributed by atoms with Crippen LogP contribution < -0.4 is 9.80 Å². The maximum absolute atomic E-state index is 7.71. The molecule has 6 heteroatoms. The highest BCUT2D eigenvalue weighted by Crippen LogP contribution is 2.67. The molecular weight excluding hydrogens is 1040 g/mol. The van der Waals surface area contributed by atoms with Gasteiger partial charge in [-0.25, -0.2) is 9.97 Å². The molecule has 0 N–H and O–H groups in total. The number of nitrogens with zero attached hydrogens (tertiary/aromatic N) is 4. The minimum atomic E-state index is -0.917. The predicted octanol–water partition coefficient (Wildman–Crippen LogP) is 21.5. The summed E-state index contributed by atoms with van der Waals surface area (Å²) in [5.74, 6) is 1.06. The lowest BCUT2D eigenvalue weighted by Crippen LogP contribution is -2.26. The minimum Gasteiger partial charge on any atom is -0.435 e. The molecule has 0 saturated heterocycles. The standard InChI is InChI=1S/C79H60N4O2/c1-77(2,3)51-39-43-55(44-40-51)82(53-27-9-7-10-28-53)67-47-65-69(73-71(67)80-75(84-73)61-35-21-25-49-23-13-15-31-57(49)61)70-66(79(65)63-37-19-17-33-59(63)60-34-18-20-38-64(60)79)48-68(72-74(70)85-76(81-72)62-36-22-26-50-24-14-16-32-58(50)62)83(54-29-11-8-12-30-54)56-45-41-52(42-46-56)78(4,5)6/h7-48H,1-6H3. The Hall–Kier alpha value is -10.3. The molecule has 2 aliphatic carbocycles. The monoisotopic (exact) mass is 1100 g/mol. The molecule has 0 atom stereocenters. The zero-order valence-corrected chi connectivity index (χ0v) is 48.4. The van der Waals surface area contributed by atoms with Crippen molar-refractivity contribution in [1.82, 2.24) is 9.97 Å². The zero-order chi connectivity index (χ0) is 57.3. The van der Waals surface area contributed by atoms with Crippen LogP contribution in [-0.4, -0.2) is 9.97 Å². The summed E-state index contributed by atoms with van der Waals surface area (Å²) in [4.78, 5) is 16.3. The molecule has 6 nitrogen and oxygen atoms in total. The summed E-state index contributed by atoms with van der Waals surface area (Å²) >= 11 is 0. The first-order chi connectivity index (χ1) is 41.4. The van der Waals surface area contributed by atoms with Crippen molar-refractivity contribution in [2.75, 3.05) is 9.80 Å². The number of benzene rings is 12. The van der Waals surface area contributed by atoms with E-state index in [-0.39, 0.29) is 10.8 Å². The highest BCUT2D eigenvalue weighted by molar-refractivity contribution is 6.16. The van der Waals surface area contributed by atoms with Crippen LogP contribution in [0.5, 0.6) is 0 Å². The van der Waals surface area contributed by atoms with E-state index in [1.54, 1.807) is 0 Å². The molecule has 14 aromatic rings. The maximum Gasteiger partial charge on any atom is 0.228 e. The van der Waals surface area contributed by atoms with Gasteiger partial charge in [-0.05, 0) is 150 Å². The van der Waals surface area contributed by atoms with Gasteiger partial charge in [-0.15, -0.1) is 0 Å². The lowest BCUT2D eigenvalue weighted by atomic mass is 9.70. The highest BCUT2D eigenvalue weighted by Gasteiger charge is 2.55. The summed E-state index contributed by atoms with van der Waals surface area (Å²) in [6, 6.07) is 92.2. The van der Waals surface area contributed by atoms with E-state index in [0.717, 1.165) is 100 Å². The van der Waals surface area contributed by atoms with Gasteiger partial charge in [-0.1, -0.05) is 224 Å². The first-order valence-corrected chi connectivity index (χ1v) is 29.5. The van der Waals surface area contributed by atoms with Crippen molar-refractivity contribution in [3.8, 4) is 45.2 Å². The van der Waals surface area contributed by atoms with Crippen molar-refractivity contribution in [3.05, 3.63) is 288 Å². The molecule has 0 fully saturated rings. The van der Waals surface area contributed by atoms with E-state index in [9.17, 15) is 0 Å². The molecule has 408 valence electrons. The van der Waals surface area contributed by atoms with Crippen LogP contribution in [0.2, 0.25) is 0 Å². The fraction of sp³-hybridized carbons (Fsp3) is 0.114. The normalized spacial score (nSPS) is 13.2. The summed E-state index contributed by atoms with van der Waals surface area (Å²) in [7, 11) is 0. The predicted molar refractivity (Wildman–Crippen MR) is 351 cm³/mol. The lowest BCUT2D eigenvalue weighted by Gasteiger charge is -2.33. The first-order valence-electron chi connectivity index (χ1n) is 29.5. The second-order valence-electron chi connectivity index (χ2n) is 24.9. The Morgan fingerprint density at radius 3 is 1.08 bits per heavy atom. The third-order valence-electron chi connectivity index (χ3n) is 17.8. The number of para-hydroxylation sites is 2. The minimum absolute atomic E-state index is 0.0534. The number of aromatic nitrogens is 2. The van der Waals surface area contributed by atoms with Crippen LogP contribution in [0, 0.1) is 0 Å². The van der Waals surface area contributed by atoms with E-state index >= 15 is 0 Å². The van der Waals surface area contributed by atoms with Crippen molar-refractivity contribution in [1.29, 1.82) is 0 Å². The van der Waals surface area contributed by atoms with Gasteiger partial charge in [0.1, 0.15) is 11.0 Å². The molecular formula is C79H60N4O2. The van der Waals surface area contributed by atoms with Crippen LogP contribution in [0.3, 0.4) is 0 Å². The number of oxazole rings is 2. The Morgan fingerprint density at radius 2 is 0.671 bits per heavy atom. The van der Waals surface area contributed by atoms with Gasteiger partial charge in [0.05, 0.1) is 16.8 Å². The van der Waals surface area contributed by atoms with Crippen LogP contribution in [0.15, 0.2) is 264 Å². The Balaban J connectivity index is 1.10. The maximum atomic E-state index is 7.71. The van der Waals surface area contributed by atoms with E-state index in [1.807, 2.05) is 0 Å². The molecule has 12 aromatic carbocycles. The van der Waals surface area contributed by atoms with Crippen molar-refractivity contribution < 1.29 is 8.83 Å². The average Bonchev–Trinajstić information content (AvgIpc) is 1.50. The van der Waals surface area contributed by atoms with E-state index < -0.39 is 5.41 Å². The van der Waals surface area contributed by atoms with Gasteiger partial charge in [-0.3, -0.25) is 0 Å². The molecule has 0 aliphatic heterocycles. The Morgan fingerprint density at radius 1 is 0.329 bits per heavy atom. The number of rotatable bonds is 8. The van der Waals surface area contributed by atoms with Gasteiger partial charge in [-0.2, -0.15) is 0 Å². The SMILES string of the molecule is CC(C)(C)c1ccc(N(c2ccccc2)c2cc3c(c4oc(-c5cccc6ccccc56)nc24)-c2c(cc(N(c4ccccc4)c4ccc(C(C)(C)C)cc4)c4nc(-c5cccc6ccccc56)oc24)C32c3ccccc3-c3ccccc32)cc1. The van der Waals surface area contributed by atoms with Crippen LogP contribution in [0.1, 0.15) is 74.9 Å². The highest BCUT2D eigenvalue weighted by atomic mass is 16.4. The van der Waals surface area contributed by atoms with Gasteiger partial charge in [0.25, 0.3) is 0 Å². The molecule has 0 radical (unpaired) electrons. The van der Waals surface area contributed by atoms with Crippen molar-refractivity contribution in [2.24, 2.45) is 0 Å². The fourth-order valence-corrected chi connectivity index (χ4v) is 13.8. The summed E-state index contributed by atoms with van der Waals surface area (Å²) in [6.45, 7) is 13.6. The van der Waals surface area contributed by atoms with Gasteiger partial charge in [0, 0.05) is 45.0 Å². The van der Waals surface area contributed by atoms with Gasteiger partial charge in [0.2, 0.25) is 11.8 Å². The molecule has 2 heterocycles. The molecule has 85 heavy (non-hydrogen) atoms. The Kier molecular flexibility index (Phi) is 11.2. The molecule has 1 spiro atoms. The number of anilines is 6. The van der Waals surface area contributed by atoms with Crippen molar-refractivity contribution in [3.63, 3.8) is 0 Å². The molecule has 2 aromatic heterocycles. The molecule has 16 rings (SSSR count). The summed E-state index contributed by atoms with van der Waals surface area (Å²) < 4.78 is 15.4. The largest absolute Gasteiger partial charge is 0.435 e. The third kappa shape index (κ3) is 7.71. The molecule has 0 unspecified atom stereocenters. The Bertz CT molecular complexity index is 4640. The second kappa shape index (κ2) is 18.9. The van der Waals surface area contributed by atoms with E-state index in [4.69, 9.17) is 18.8 Å². The van der Waals surface area contributed by atoms with Crippen LogP contribution >= 0.6 is 0 Å². The lowest BCUT2D eigenvalue weighted by molar-refractivity contribution is 0.590. The van der Waals surface area contributed by atoms with Crippen LogP contribution in [-0.2, 0) is 16.2 Å². The summed E-state index contributed by atoms with van der Waals surface area (Å²) in [5.41, 5.74) is 20.6. The zero-order valence-electron chi connectivity index (χ0n) is 48.4. The summed E-state index contributed by atoms with van der Waals surface area (Å²) in [6.07, 6.45) is 0. The fourth-order valence-electron chi connectivity index (χ4n) is 13.8. The van der Waals surface area contributed by atoms with Gasteiger partial charge >= 0.3 is 0 Å². The van der Waals surface area contributed by atoms with E-state index in [1.165, 1.54) is 33.4 Å². The van der Waals surface area contributed by atoms with E-state index in [2.05, 4.69) is 306 Å². The average molecular weight is 1100 g/mol. The first kappa shape index (κ1) is 50.4. The van der Waals surface area contributed by atoms with Gasteiger partial charge in [0.15, 0.2) is 11.2 Å². The van der Waals surface area contributed by atoms with Gasteiger partial charge < -0.3 is 18.6 Å². The van der Waals surface area contributed by atoms with Crippen LogP contribution in [0.25, 0.3) is 88.9 Å². The summed E-state index contributed by atoms with van der Waals surface area (Å²) in [5, 5.41) is 4.32. The van der Waals surface area contributed by atoms with Crippen LogP contribution in [0.4, 0.5) is 34.1 Å². The van der Waals surface area contributed by atoms with Crippen molar-refractivity contribution in [2.45, 2.75) is 57.8 Å². The number of hydrogen-bond acceptors (Lipinski definition) is 6. The second-order valence-corrected chi connectivity index (χ2v) is 24.9. The van der Waals surface area contributed by atoms with Crippen molar-refractivity contribution >= 4 is 77.9 Å². The molecule has 0 saturated carbocycles. The third-order valence-corrected chi connectivity index (χ3v) is 17.8. The topological polar surface area (TPSA) is 58.5 Å².